The molecule has 0 aliphatic carbocycles. The van der Waals surface area contributed by atoms with E-state index in [9.17, 15) is 0 Å². The summed E-state index contributed by atoms with van der Waals surface area (Å²) >= 11 is 0. The molecule has 2 N–H and O–H groups in total. The fourth-order valence-electron chi connectivity index (χ4n) is 1.64. The first-order valence-corrected chi connectivity index (χ1v) is 6.63. The van der Waals surface area contributed by atoms with Gasteiger partial charge in [0.05, 0.1) is 6.54 Å². The number of rotatable bonds is 8. The number of nitrogens with one attached hydrogen (secondary N) is 2. The van der Waals surface area contributed by atoms with Crippen LogP contribution in [0.1, 0.15) is 39.2 Å². The lowest BCUT2D eigenvalue weighted by Gasteiger charge is -2.14. The van der Waals surface area contributed by atoms with Crippen LogP contribution in [0.2, 0.25) is 0 Å². The normalized spacial score (nSPS) is 13.2. The highest BCUT2D eigenvalue weighted by molar-refractivity contribution is 5.06. The molecule has 1 aromatic rings. The first-order chi connectivity index (χ1) is 8.11. The highest BCUT2D eigenvalue weighted by atomic mass is 16.3. The molecule has 1 aromatic heterocycles. The maximum absolute atomic E-state index is 5.64. The molecule has 0 saturated carbocycles. The van der Waals surface area contributed by atoms with E-state index in [1.54, 1.807) is 0 Å². The van der Waals surface area contributed by atoms with Gasteiger partial charge in [0.1, 0.15) is 11.5 Å². The molecule has 0 radical (unpaired) electrons. The fraction of sp³-hybridized carbons (Fsp3) is 0.714. The number of hydrogen-bond donors (Lipinski definition) is 2. The molecule has 0 fully saturated rings. The van der Waals surface area contributed by atoms with Crippen LogP contribution in [0.4, 0.5) is 0 Å². The standard InChI is InChI=1S/C14H26N2O/c1-5-13-6-7-14(17-13)10-16-12(4)9-15-8-11(2)3/h6-7,11-12,15-16H,5,8-10H2,1-4H3. The Morgan fingerprint density at radius 3 is 2.41 bits per heavy atom. The average molecular weight is 238 g/mol. The van der Waals surface area contributed by atoms with Gasteiger partial charge >= 0.3 is 0 Å². The molecule has 1 rings (SSSR count). The fourth-order valence-corrected chi connectivity index (χ4v) is 1.64. The molecule has 98 valence electrons. The Hall–Kier alpha value is -0.800. The van der Waals surface area contributed by atoms with Crippen molar-refractivity contribution < 1.29 is 4.42 Å². The van der Waals surface area contributed by atoms with E-state index in [2.05, 4.69) is 50.5 Å². The van der Waals surface area contributed by atoms with Crippen molar-refractivity contribution in [2.45, 2.75) is 46.7 Å². The Balaban J connectivity index is 2.16. The van der Waals surface area contributed by atoms with Gasteiger partial charge in [0.25, 0.3) is 0 Å². The Morgan fingerprint density at radius 2 is 1.82 bits per heavy atom. The van der Waals surface area contributed by atoms with Gasteiger partial charge in [0.2, 0.25) is 0 Å². The predicted molar refractivity (Wildman–Crippen MR) is 72.1 cm³/mol. The van der Waals surface area contributed by atoms with Crippen molar-refractivity contribution in [2.24, 2.45) is 5.92 Å². The zero-order chi connectivity index (χ0) is 12.7. The zero-order valence-corrected chi connectivity index (χ0v) is 11.5. The van der Waals surface area contributed by atoms with Crippen molar-refractivity contribution in [1.82, 2.24) is 10.6 Å². The molecule has 0 spiro atoms. The largest absolute Gasteiger partial charge is 0.465 e. The summed E-state index contributed by atoms with van der Waals surface area (Å²) < 4.78 is 5.64. The Labute approximate surface area is 105 Å². The highest BCUT2D eigenvalue weighted by Crippen LogP contribution is 2.07. The summed E-state index contributed by atoms with van der Waals surface area (Å²) in [5.74, 6) is 2.80. The van der Waals surface area contributed by atoms with Gasteiger partial charge in [0, 0.05) is 19.0 Å². The molecule has 1 heterocycles. The molecule has 0 aromatic carbocycles. The van der Waals surface area contributed by atoms with Gasteiger partial charge in [-0.05, 0) is 31.5 Å². The van der Waals surface area contributed by atoms with Gasteiger partial charge in [-0.3, -0.25) is 0 Å². The van der Waals surface area contributed by atoms with Crippen molar-refractivity contribution in [3.05, 3.63) is 23.7 Å². The number of hydrogen-bond acceptors (Lipinski definition) is 3. The van der Waals surface area contributed by atoms with Crippen LogP contribution in [-0.2, 0) is 13.0 Å². The van der Waals surface area contributed by atoms with Crippen molar-refractivity contribution in [1.29, 1.82) is 0 Å². The minimum Gasteiger partial charge on any atom is -0.465 e. The maximum Gasteiger partial charge on any atom is 0.117 e. The molecular formula is C14H26N2O. The zero-order valence-electron chi connectivity index (χ0n) is 11.5. The summed E-state index contributed by atoms with van der Waals surface area (Å²) in [6, 6.07) is 4.57. The van der Waals surface area contributed by atoms with Crippen LogP contribution in [0.25, 0.3) is 0 Å². The first-order valence-electron chi connectivity index (χ1n) is 6.63. The lowest BCUT2D eigenvalue weighted by molar-refractivity contribution is 0.418. The van der Waals surface area contributed by atoms with E-state index >= 15 is 0 Å². The minimum absolute atomic E-state index is 0.462. The second-order valence-electron chi connectivity index (χ2n) is 5.06. The van der Waals surface area contributed by atoms with Gasteiger partial charge in [-0.2, -0.15) is 0 Å². The second kappa shape index (κ2) is 7.51. The molecule has 0 aliphatic heterocycles. The molecule has 1 atom stereocenters. The molecule has 1 unspecified atom stereocenters. The molecule has 0 aliphatic rings. The lowest BCUT2D eigenvalue weighted by Crippen LogP contribution is -2.37. The third-order valence-electron chi connectivity index (χ3n) is 2.69. The second-order valence-corrected chi connectivity index (χ2v) is 5.06. The van der Waals surface area contributed by atoms with E-state index in [0.717, 1.165) is 37.6 Å². The van der Waals surface area contributed by atoms with Gasteiger partial charge in [-0.1, -0.05) is 20.8 Å². The summed E-state index contributed by atoms with van der Waals surface area (Å²) in [4.78, 5) is 0. The van der Waals surface area contributed by atoms with Crippen LogP contribution in [0.5, 0.6) is 0 Å². The summed E-state index contributed by atoms with van der Waals surface area (Å²) in [6.45, 7) is 11.6. The van der Waals surface area contributed by atoms with Crippen molar-refractivity contribution in [2.75, 3.05) is 13.1 Å². The first kappa shape index (κ1) is 14.3. The van der Waals surface area contributed by atoms with E-state index in [-0.39, 0.29) is 0 Å². The molecular weight excluding hydrogens is 212 g/mol. The van der Waals surface area contributed by atoms with Crippen molar-refractivity contribution in [3.8, 4) is 0 Å². The molecule has 0 amide bonds. The third kappa shape index (κ3) is 5.89. The van der Waals surface area contributed by atoms with Crippen LogP contribution in [0.15, 0.2) is 16.5 Å². The Kier molecular flexibility index (Phi) is 6.30. The average Bonchev–Trinajstić information content (AvgIpc) is 2.73. The van der Waals surface area contributed by atoms with E-state index in [1.165, 1.54) is 0 Å². The Bertz CT molecular complexity index is 307. The molecule has 0 saturated heterocycles. The van der Waals surface area contributed by atoms with Crippen LogP contribution >= 0.6 is 0 Å². The van der Waals surface area contributed by atoms with Crippen LogP contribution < -0.4 is 10.6 Å². The van der Waals surface area contributed by atoms with Crippen LogP contribution in [0.3, 0.4) is 0 Å². The van der Waals surface area contributed by atoms with Gasteiger partial charge in [-0.25, -0.2) is 0 Å². The summed E-state index contributed by atoms with van der Waals surface area (Å²) in [5, 5.41) is 6.90. The smallest absolute Gasteiger partial charge is 0.117 e. The van der Waals surface area contributed by atoms with Crippen LogP contribution in [0, 0.1) is 5.92 Å². The van der Waals surface area contributed by atoms with E-state index in [0.29, 0.717) is 12.0 Å². The molecule has 3 nitrogen and oxygen atoms in total. The van der Waals surface area contributed by atoms with Crippen molar-refractivity contribution >= 4 is 0 Å². The highest BCUT2D eigenvalue weighted by Gasteiger charge is 2.04. The number of furan rings is 1. The van der Waals surface area contributed by atoms with E-state index in [4.69, 9.17) is 4.42 Å². The van der Waals surface area contributed by atoms with Gasteiger partial charge in [-0.15, -0.1) is 0 Å². The minimum atomic E-state index is 0.462. The number of aryl methyl sites for hydroxylation is 1. The monoisotopic (exact) mass is 238 g/mol. The summed E-state index contributed by atoms with van der Waals surface area (Å²) in [5.41, 5.74) is 0. The van der Waals surface area contributed by atoms with Gasteiger partial charge < -0.3 is 15.1 Å². The molecule has 0 bridgehead atoms. The molecule has 17 heavy (non-hydrogen) atoms. The third-order valence-corrected chi connectivity index (χ3v) is 2.69. The lowest BCUT2D eigenvalue weighted by atomic mass is 10.2. The maximum atomic E-state index is 5.64. The van der Waals surface area contributed by atoms with E-state index < -0.39 is 0 Å². The van der Waals surface area contributed by atoms with Gasteiger partial charge in [0.15, 0.2) is 0 Å². The van der Waals surface area contributed by atoms with Crippen molar-refractivity contribution in [3.63, 3.8) is 0 Å². The molecule has 3 heteroatoms. The quantitative estimate of drug-likeness (QED) is 0.731. The SMILES string of the molecule is CCc1ccc(CNC(C)CNCC(C)C)o1. The Morgan fingerprint density at radius 1 is 1.12 bits per heavy atom. The van der Waals surface area contributed by atoms with Crippen LogP contribution in [-0.4, -0.2) is 19.1 Å². The summed E-state index contributed by atoms with van der Waals surface area (Å²) in [7, 11) is 0. The predicted octanol–water partition coefficient (Wildman–Crippen LogP) is 2.57. The summed E-state index contributed by atoms with van der Waals surface area (Å²) in [6.07, 6.45) is 0.964. The van der Waals surface area contributed by atoms with E-state index in [1.807, 2.05) is 0 Å². The topological polar surface area (TPSA) is 37.2 Å².